The minimum Gasteiger partial charge on any atom is -0.351 e. The molecule has 4 aromatic rings. The number of hydrogen-bond acceptors (Lipinski definition) is 6. The van der Waals surface area contributed by atoms with Crippen LogP contribution < -0.4 is 16.4 Å². The summed E-state index contributed by atoms with van der Waals surface area (Å²) in [6, 6.07) is 13.8. The molecule has 0 fully saturated rings. The lowest BCUT2D eigenvalue weighted by Crippen LogP contribution is -2.41. The summed E-state index contributed by atoms with van der Waals surface area (Å²) in [6.45, 7) is 2.20. The number of H-pyrrole nitrogens is 1. The first-order valence-electron chi connectivity index (χ1n) is 9.93. The molecule has 3 heterocycles. The van der Waals surface area contributed by atoms with Crippen molar-refractivity contribution in [2.75, 3.05) is 0 Å². The first-order valence-corrected chi connectivity index (χ1v) is 10.8. The number of aromatic amines is 1. The third-order valence-electron chi connectivity index (χ3n) is 4.99. The summed E-state index contributed by atoms with van der Waals surface area (Å²) < 4.78 is 1.39. The van der Waals surface area contributed by atoms with Crippen molar-refractivity contribution in [3.63, 3.8) is 0 Å². The number of amides is 1. The van der Waals surface area contributed by atoms with Gasteiger partial charge in [-0.05, 0) is 30.0 Å². The number of thiophene rings is 1. The van der Waals surface area contributed by atoms with Crippen LogP contribution in [0.1, 0.15) is 19.0 Å². The topological polar surface area (TPSA) is 110 Å². The van der Waals surface area contributed by atoms with Crippen LogP contribution in [0.5, 0.6) is 0 Å². The number of carbonyl (C=O) groups is 1. The SMILES string of the molecule is CC[C@@H](Cn1nc(-c2cccs2)ccc1=O)NC(=O)Cc1n[nH]c(=O)c2ccccc12. The number of fused-ring (bicyclic) bond motifs is 1. The van der Waals surface area contributed by atoms with Gasteiger partial charge in [-0.15, -0.1) is 11.3 Å². The molecule has 0 unspecified atom stereocenters. The van der Waals surface area contributed by atoms with Crippen LogP contribution in [0.4, 0.5) is 0 Å². The normalized spacial score (nSPS) is 12.0. The summed E-state index contributed by atoms with van der Waals surface area (Å²) in [5.41, 5.74) is 0.709. The van der Waals surface area contributed by atoms with E-state index in [-0.39, 0.29) is 36.0 Å². The van der Waals surface area contributed by atoms with Gasteiger partial charge in [0.05, 0.1) is 28.9 Å². The quantitative estimate of drug-likeness (QED) is 0.463. The predicted molar refractivity (Wildman–Crippen MR) is 120 cm³/mol. The van der Waals surface area contributed by atoms with Gasteiger partial charge in [0.2, 0.25) is 5.91 Å². The lowest BCUT2D eigenvalue weighted by molar-refractivity contribution is -0.121. The van der Waals surface area contributed by atoms with Crippen LogP contribution in [0.15, 0.2) is 63.5 Å². The van der Waals surface area contributed by atoms with Gasteiger partial charge in [0.25, 0.3) is 11.1 Å². The van der Waals surface area contributed by atoms with Crippen LogP contribution in [0.2, 0.25) is 0 Å². The first-order chi connectivity index (χ1) is 15.0. The monoisotopic (exact) mass is 435 g/mol. The number of hydrogen-bond donors (Lipinski definition) is 2. The van der Waals surface area contributed by atoms with Crippen molar-refractivity contribution in [1.29, 1.82) is 0 Å². The van der Waals surface area contributed by atoms with Crippen LogP contribution >= 0.6 is 11.3 Å². The number of rotatable bonds is 7. The fourth-order valence-corrected chi connectivity index (χ4v) is 4.05. The number of nitrogens with zero attached hydrogens (tertiary/aromatic N) is 3. The van der Waals surface area contributed by atoms with Gasteiger partial charge in [-0.25, -0.2) is 9.78 Å². The zero-order valence-corrected chi connectivity index (χ0v) is 17.7. The fraction of sp³-hybridized carbons (Fsp3) is 0.227. The molecular weight excluding hydrogens is 414 g/mol. The molecule has 1 atom stereocenters. The van der Waals surface area contributed by atoms with Crippen molar-refractivity contribution in [3.05, 3.63) is 80.3 Å². The first kappa shape index (κ1) is 20.7. The maximum atomic E-state index is 12.7. The van der Waals surface area contributed by atoms with E-state index in [1.165, 1.54) is 10.7 Å². The van der Waals surface area contributed by atoms with Gasteiger partial charge < -0.3 is 5.32 Å². The lowest BCUT2D eigenvalue weighted by Gasteiger charge is -2.18. The molecule has 0 saturated carbocycles. The molecule has 31 heavy (non-hydrogen) atoms. The van der Waals surface area contributed by atoms with Gasteiger partial charge in [-0.3, -0.25) is 14.4 Å². The van der Waals surface area contributed by atoms with Crippen molar-refractivity contribution in [2.24, 2.45) is 0 Å². The average molecular weight is 436 g/mol. The molecule has 2 N–H and O–H groups in total. The molecule has 0 aliphatic heterocycles. The third kappa shape index (κ3) is 4.61. The molecule has 0 aliphatic rings. The summed E-state index contributed by atoms with van der Waals surface area (Å²) in [4.78, 5) is 37.9. The van der Waals surface area contributed by atoms with Gasteiger partial charge in [0.1, 0.15) is 5.69 Å². The van der Waals surface area contributed by atoms with Crippen LogP contribution in [-0.4, -0.2) is 31.9 Å². The summed E-state index contributed by atoms with van der Waals surface area (Å²) in [7, 11) is 0. The summed E-state index contributed by atoms with van der Waals surface area (Å²) in [5.74, 6) is -0.237. The van der Waals surface area contributed by atoms with Crippen molar-refractivity contribution in [1.82, 2.24) is 25.3 Å². The van der Waals surface area contributed by atoms with Gasteiger partial charge in [0, 0.05) is 17.5 Å². The number of nitrogens with one attached hydrogen (secondary N) is 2. The zero-order chi connectivity index (χ0) is 21.8. The Bertz CT molecular complexity index is 1330. The summed E-state index contributed by atoms with van der Waals surface area (Å²) >= 11 is 1.55. The summed E-state index contributed by atoms with van der Waals surface area (Å²) in [5, 5.41) is 17.0. The lowest BCUT2D eigenvalue weighted by atomic mass is 10.1. The number of aromatic nitrogens is 4. The second-order valence-corrected chi connectivity index (χ2v) is 8.06. The van der Waals surface area contributed by atoms with Gasteiger partial charge in [-0.2, -0.15) is 10.2 Å². The van der Waals surface area contributed by atoms with Crippen molar-refractivity contribution in [2.45, 2.75) is 32.4 Å². The Kier molecular flexibility index (Phi) is 6.03. The Balaban J connectivity index is 1.50. The largest absolute Gasteiger partial charge is 0.351 e. The molecule has 9 heteroatoms. The molecule has 4 rings (SSSR count). The van der Waals surface area contributed by atoms with E-state index in [0.29, 0.717) is 22.9 Å². The van der Waals surface area contributed by atoms with Crippen LogP contribution in [-0.2, 0) is 17.8 Å². The molecule has 158 valence electrons. The third-order valence-corrected chi connectivity index (χ3v) is 5.89. The molecule has 1 aromatic carbocycles. The Morgan fingerprint density at radius 2 is 1.94 bits per heavy atom. The van der Waals surface area contributed by atoms with E-state index in [4.69, 9.17) is 0 Å². The van der Waals surface area contributed by atoms with Crippen LogP contribution in [0.25, 0.3) is 21.3 Å². The predicted octanol–water partition coefficient (Wildman–Crippen LogP) is 2.35. The van der Waals surface area contributed by atoms with Crippen LogP contribution in [0.3, 0.4) is 0 Å². The second kappa shape index (κ2) is 9.05. The van der Waals surface area contributed by atoms with Crippen molar-refractivity contribution < 1.29 is 4.79 Å². The molecule has 0 aliphatic carbocycles. The van der Waals surface area contributed by atoms with E-state index >= 15 is 0 Å². The Morgan fingerprint density at radius 1 is 1.13 bits per heavy atom. The Labute approximate surface area is 181 Å². The minimum absolute atomic E-state index is 0.0192. The van der Waals surface area contributed by atoms with Crippen molar-refractivity contribution in [3.8, 4) is 10.6 Å². The molecule has 1 amide bonds. The summed E-state index contributed by atoms with van der Waals surface area (Å²) in [6.07, 6.45) is 0.647. The van der Waals surface area contributed by atoms with Crippen molar-refractivity contribution >= 4 is 28.0 Å². The highest BCUT2D eigenvalue weighted by atomic mass is 32.1. The fourth-order valence-electron chi connectivity index (χ4n) is 3.36. The molecule has 0 radical (unpaired) electrons. The zero-order valence-electron chi connectivity index (χ0n) is 16.9. The van der Waals surface area contributed by atoms with E-state index in [0.717, 1.165) is 10.6 Å². The van der Waals surface area contributed by atoms with Crippen LogP contribution in [0, 0.1) is 0 Å². The smallest absolute Gasteiger partial charge is 0.272 e. The standard InChI is InChI=1S/C22H21N5O3S/c1-2-14(13-27-21(29)10-9-17(26-27)19-8-5-11-31-19)23-20(28)12-18-15-6-3-4-7-16(15)22(30)25-24-18/h3-11,14H,2,12-13H2,1H3,(H,23,28)(H,25,30)/t14-/m0/s1. The molecule has 0 bridgehead atoms. The molecule has 0 spiro atoms. The van der Waals surface area contributed by atoms with E-state index in [1.54, 1.807) is 41.7 Å². The highest BCUT2D eigenvalue weighted by molar-refractivity contribution is 7.13. The highest BCUT2D eigenvalue weighted by Gasteiger charge is 2.16. The molecule has 0 saturated heterocycles. The maximum Gasteiger partial charge on any atom is 0.272 e. The number of benzene rings is 1. The van der Waals surface area contributed by atoms with E-state index in [1.807, 2.05) is 24.4 Å². The average Bonchev–Trinajstić information content (AvgIpc) is 3.32. The van der Waals surface area contributed by atoms with Gasteiger partial charge >= 0.3 is 0 Å². The molecule has 3 aromatic heterocycles. The minimum atomic E-state index is -0.290. The maximum absolute atomic E-state index is 12.7. The number of carbonyl (C=O) groups excluding carboxylic acids is 1. The second-order valence-electron chi connectivity index (χ2n) is 7.11. The Morgan fingerprint density at radius 3 is 2.68 bits per heavy atom. The van der Waals surface area contributed by atoms with E-state index < -0.39 is 0 Å². The van der Waals surface area contributed by atoms with Gasteiger partial charge in [-0.1, -0.05) is 31.2 Å². The van der Waals surface area contributed by atoms with Gasteiger partial charge in [0.15, 0.2) is 0 Å². The van der Waals surface area contributed by atoms with E-state index in [2.05, 4.69) is 20.6 Å². The molecule has 8 nitrogen and oxygen atoms in total. The highest BCUT2D eigenvalue weighted by Crippen LogP contribution is 2.21. The Hall–Kier alpha value is -3.59. The van der Waals surface area contributed by atoms with E-state index in [9.17, 15) is 14.4 Å². The molecular formula is C22H21N5O3S.